The van der Waals surface area contributed by atoms with Crippen LogP contribution in [0, 0.1) is 0 Å². The van der Waals surface area contributed by atoms with Crippen molar-refractivity contribution < 1.29 is 0 Å². The van der Waals surface area contributed by atoms with Crippen molar-refractivity contribution in [1.29, 1.82) is 0 Å². The molecule has 0 unspecified atom stereocenters. The van der Waals surface area contributed by atoms with E-state index in [1.54, 1.807) is 0 Å². The Bertz CT molecular complexity index is 387. The van der Waals surface area contributed by atoms with Gasteiger partial charge >= 0.3 is 0 Å². The summed E-state index contributed by atoms with van der Waals surface area (Å²) in [4.78, 5) is 5.10. The molecule has 106 valence electrons. The molecule has 0 radical (unpaired) electrons. The lowest BCUT2D eigenvalue weighted by Crippen LogP contribution is -2.49. The summed E-state index contributed by atoms with van der Waals surface area (Å²) in [5.74, 6) is 0. The van der Waals surface area contributed by atoms with Gasteiger partial charge in [-0.15, -0.1) is 0 Å². The summed E-state index contributed by atoms with van der Waals surface area (Å²) in [6.07, 6.45) is 0. The molecule has 0 atom stereocenters. The van der Waals surface area contributed by atoms with E-state index >= 15 is 0 Å². The Balaban J connectivity index is 1.67. The number of hydrogen-bond donors (Lipinski definition) is 1. The van der Waals surface area contributed by atoms with Crippen LogP contribution in [0.3, 0.4) is 0 Å². The first-order valence-electron chi connectivity index (χ1n) is 7.11. The zero-order valence-corrected chi connectivity index (χ0v) is 13.5. The SMILES string of the molecule is CC(C)N1CCN(CCNc2cccc(Br)c2)CC1. The number of benzene rings is 1. The van der Waals surface area contributed by atoms with Gasteiger partial charge in [0.1, 0.15) is 0 Å². The molecule has 1 aliphatic heterocycles. The van der Waals surface area contributed by atoms with Crippen LogP contribution in [0.5, 0.6) is 0 Å². The summed E-state index contributed by atoms with van der Waals surface area (Å²) < 4.78 is 1.13. The molecule has 1 saturated heterocycles. The third-order valence-electron chi connectivity index (χ3n) is 3.72. The number of piperazine rings is 1. The molecular weight excluding hydrogens is 302 g/mol. The summed E-state index contributed by atoms with van der Waals surface area (Å²) in [6.45, 7) is 11.5. The van der Waals surface area contributed by atoms with Crippen LogP contribution in [-0.2, 0) is 0 Å². The van der Waals surface area contributed by atoms with E-state index in [1.807, 2.05) is 0 Å². The van der Waals surface area contributed by atoms with Crippen LogP contribution in [0.15, 0.2) is 28.7 Å². The van der Waals surface area contributed by atoms with Crippen molar-refractivity contribution in [1.82, 2.24) is 9.80 Å². The summed E-state index contributed by atoms with van der Waals surface area (Å²) in [5.41, 5.74) is 1.19. The van der Waals surface area contributed by atoms with Gasteiger partial charge in [0.05, 0.1) is 0 Å². The Labute approximate surface area is 125 Å². The average molecular weight is 326 g/mol. The Hall–Kier alpha value is -0.580. The van der Waals surface area contributed by atoms with E-state index in [1.165, 1.54) is 31.9 Å². The number of hydrogen-bond acceptors (Lipinski definition) is 3. The van der Waals surface area contributed by atoms with Gasteiger partial charge < -0.3 is 5.32 Å². The van der Waals surface area contributed by atoms with Crippen molar-refractivity contribution in [2.24, 2.45) is 0 Å². The molecule has 4 heteroatoms. The number of anilines is 1. The van der Waals surface area contributed by atoms with Gasteiger partial charge in [-0.25, -0.2) is 0 Å². The van der Waals surface area contributed by atoms with Crippen molar-refractivity contribution in [3.8, 4) is 0 Å². The lowest BCUT2D eigenvalue weighted by Gasteiger charge is -2.36. The van der Waals surface area contributed by atoms with Gasteiger partial charge in [0.15, 0.2) is 0 Å². The molecular formula is C15H24BrN3. The maximum Gasteiger partial charge on any atom is 0.0351 e. The van der Waals surface area contributed by atoms with Crippen LogP contribution >= 0.6 is 15.9 Å². The molecule has 0 spiro atoms. The van der Waals surface area contributed by atoms with Crippen LogP contribution < -0.4 is 5.32 Å². The summed E-state index contributed by atoms with van der Waals surface area (Å²) in [7, 11) is 0. The second-order valence-corrected chi connectivity index (χ2v) is 6.32. The van der Waals surface area contributed by atoms with Gasteiger partial charge in [0.25, 0.3) is 0 Å². The first-order chi connectivity index (χ1) is 9.15. The minimum atomic E-state index is 0.682. The van der Waals surface area contributed by atoms with Crippen LogP contribution in [0.2, 0.25) is 0 Å². The fraction of sp³-hybridized carbons (Fsp3) is 0.600. The molecule has 0 aliphatic carbocycles. The van der Waals surface area contributed by atoms with Crippen LogP contribution in [0.25, 0.3) is 0 Å². The van der Waals surface area contributed by atoms with Crippen molar-refractivity contribution in [2.45, 2.75) is 19.9 Å². The maximum atomic E-state index is 3.49. The molecule has 1 aromatic rings. The van der Waals surface area contributed by atoms with E-state index in [0.29, 0.717) is 6.04 Å². The van der Waals surface area contributed by atoms with E-state index in [4.69, 9.17) is 0 Å². The normalized spacial score (nSPS) is 17.9. The molecule has 1 N–H and O–H groups in total. The molecule has 0 saturated carbocycles. The van der Waals surface area contributed by atoms with Crippen molar-refractivity contribution in [3.63, 3.8) is 0 Å². The van der Waals surface area contributed by atoms with Crippen LogP contribution in [0.4, 0.5) is 5.69 Å². The van der Waals surface area contributed by atoms with Gasteiger partial charge in [-0.3, -0.25) is 9.80 Å². The second kappa shape index (κ2) is 7.27. The highest BCUT2D eigenvalue weighted by Crippen LogP contribution is 2.15. The molecule has 1 aliphatic rings. The quantitative estimate of drug-likeness (QED) is 0.898. The number of halogens is 1. The first-order valence-corrected chi connectivity index (χ1v) is 7.90. The van der Waals surface area contributed by atoms with E-state index in [9.17, 15) is 0 Å². The van der Waals surface area contributed by atoms with Gasteiger partial charge in [0, 0.05) is 55.5 Å². The third-order valence-corrected chi connectivity index (χ3v) is 4.21. The third kappa shape index (κ3) is 4.79. The molecule has 0 aromatic heterocycles. The fourth-order valence-corrected chi connectivity index (χ4v) is 2.86. The highest BCUT2D eigenvalue weighted by molar-refractivity contribution is 9.10. The van der Waals surface area contributed by atoms with Crippen molar-refractivity contribution in [3.05, 3.63) is 28.7 Å². The lowest BCUT2D eigenvalue weighted by atomic mass is 10.2. The van der Waals surface area contributed by atoms with Crippen molar-refractivity contribution >= 4 is 21.6 Å². The van der Waals surface area contributed by atoms with E-state index in [2.05, 4.69) is 69.2 Å². The monoisotopic (exact) mass is 325 g/mol. The van der Waals surface area contributed by atoms with Crippen LogP contribution in [-0.4, -0.2) is 55.1 Å². The van der Waals surface area contributed by atoms with Gasteiger partial charge in [-0.1, -0.05) is 22.0 Å². The standard InChI is InChI=1S/C15H24BrN3/c1-13(2)19-10-8-18(9-11-19)7-6-17-15-5-3-4-14(16)12-15/h3-5,12-13,17H,6-11H2,1-2H3. The Kier molecular flexibility index (Phi) is 5.67. The Morgan fingerprint density at radius 2 is 1.95 bits per heavy atom. The minimum Gasteiger partial charge on any atom is -0.384 e. The summed E-state index contributed by atoms with van der Waals surface area (Å²) in [5, 5.41) is 3.48. The highest BCUT2D eigenvalue weighted by atomic mass is 79.9. The Morgan fingerprint density at radius 1 is 1.21 bits per heavy atom. The fourth-order valence-electron chi connectivity index (χ4n) is 2.46. The molecule has 0 amide bonds. The summed E-state index contributed by atoms with van der Waals surface area (Å²) in [6, 6.07) is 9.03. The maximum absolute atomic E-state index is 3.49. The number of nitrogens with zero attached hydrogens (tertiary/aromatic N) is 2. The van der Waals surface area contributed by atoms with E-state index in [0.717, 1.165) is 17.6 Å². The first kappa shape index (κ1) is 14.8. The lowest BCUT2D eigenvalue weighted by molar-refractivity contribution is 0.111. The Morgan fingerprint density at radius 3 is 2.58 bits per heavy atom. The highest BCUT2D eigenvalue weighted by Gasteiger charge is 2.17. The molecule has 1 heterocycles. The minimum absolute atomic E-state index is 0.682. The van der Waals surface area contributed by atoms with Gasteiger partial charge in [-0.2, -0.15) is 0 Å². The zero-order chi connectivity index (χ0) is 13.7. The molecule has 1 fully saturated rings. The topological polar surface area (TPSA) is 18.5 Å². The number of rotatable bonds is 5. The van der Waals surface area contributed by atoms with Gasteiger partial charge in [0.2, 0.25) is 0 Å². The number of nitrogens with one attached hydrogen (secondary N) is 1. The van der Waals surface area contributed by atoms with Gasteiger partial charge in [-0.05, 0) is 32.0 Å². The predicted octanol–water partition coefficient (Wildman–Crippen LogP) is 2.89. The molecule has 19 heavy (non-hydrogen) atoms. The smallest absolute Gasteiger partial charge is 0.0351 e. The molecule has 0 bridgehead atoms. The molecule has 3 nitrogen and oxygen atoms in total. The van der Waals surface area contributed by atoms with Crippen LogP contribution in [0.1, 0.15) is 13.8 Å². The predicted molar refractivity (Wildman–Crippen MR) is 85.8 cm³/mol. The van der Waals surface area contributed by atoms with E-state index < -0.39 is 0 Å². The summed E-state index contributed by atoms with van der Waals surface area (Å²) >= 11 is 3.49. The second-order valence-electron chi connectivity index (χ2n) is 5.41. The molecule has 1 aromatic carbocycles. The van der Waals surface area contributed by atoms with E-state index in [-0.39, 0.29) is 0 Å². The largest absolute Gasteiger partial charge is 0.384 e. The zero-order valence-electron chi connectivity index (χ0n) is 11.9. The average Bonchev–Trinajstić information content (AvgIpc) is 2.39. The van der Waals surface area contributed by atoms with Crippen molar-refractivity contribution in [2.75, 3.05) is 44.6 Å². The molecule has 2 rings (SSSR count).